The van der Waals surface area contributed by atoms with Crippen LogP contribution in [-0.2, 0) is 22.4 Å². The summed E-state index contributed by atoms with van der Waals surface area (Å²) in [7, 11) is 1.78. The molecule has 0 spiro atoms. The Bertz CT molecular complexity index is 600. The van der Waals surface area contributed by atoms with Crippen LogP contribution in [0.1, 0.15) is 30.4 Å². The quantitative estimate of drug-likeness (QED) is 0.838. The Hall–Kier alpha value is -2.04. The van der Waals surface area contributed by atoms with Gasteiger partial charge in [0.2, 0.25) is 11.8 Å². The Balaban J connectivity index is 1.39. The van der Waals surface area contributed by atoms with Gasteiger partial charge in [-0.1, -0.05) is 6.07 Å². The molecular formula is C18H24N2O3. The van der Waals surface area contributed by atoms with Crippen LogP contribution in [0, 0.1) is 5.92 Å². The van der Waals surface area contributed by atoms with E-state index in [4.69, 9.17) is 4.74 Å². The molecule has 3 rings (SSSR count). The Labute approximate surface area is 137 Å². The Morgan fingerprint density at radius 3 is 3.00 bits per heavy atom. The van der Waals surface area contributed by atoms with Gasteiger partial charge in [0.05, 0.1) is 6.54 Å². The lowest BCUT2D eigenvalue weighted by atomic mass is 9.96. The topological polar surface area (TPSA) is 58.6 Å². The number of hydrogen-bond acceptors (Lipinski definition) is 3. The van der Waals surface area contributed by atoms with Gasteiger partial charge in [-0.15, -0.1) is 0 Å². The van der Waals surface area contributed by atoms with E-state index >= 15 is 0 Å². The molecule has 124 valence electrons. The molecule has 1 aromatic rings. The molecule has 1 saturated heterocycles. The van der Waals surface area contributed by atoms with E-state index in [-0.39, 0.29) is 17.7 Å². The molecular weight excluding hydrogens is 292 g/mol. The van der Waals surface area contributed by atoms with Crippen LogP contribution in [0.25, 0.3) is 0 Å². The molecule has 1 heterocycles. The molecule has 1 aliphatic carbocycles. The molecule has 0 bridgehead atoms. The van der Waals surface area contributed by atoms with Crippen molar-refractivity contribution in [2.45, 2.75) is 32.1 Å². The second-order valence-corrected chi connectivity index (χ2v) is 6.43. The average Bonchev–Trinajstić information content (AvgIpc) is 3.01. The van der Waals surface area contributed by atoms with Gasteiger partial charge < -0.3 is 15.0 Å². The van der Waals surface area contributed by atoms with Crippen LogP contribution in [0.4, 0.5) is 0 Å². The van der Waals surface area contributed by atoms with Gasteiger partial charge in [-0.25, -0.2) is 0 Å². The van der Waals surface area contributed by atoms with E-state index in [0.29, 0.717) is 26.1 Å². The maximum Gasteiger partial charge on any atom is 0.223 e. The zero-order valence-corrected chi connectivity index (χ0v) is 13.6. The van der Waals surface area contributed by atoms with Gasteiger partial charge in [0.1, 0.15) is 12.4 Å². The van der Waals surface area contributed by atoms with Gasteiger partial charge in [0.25, 0.3) is 0 Å². The van der Waals surface area contributed by atoms with Crippen molar-refractivity contribution in [3.63, 3.8) is 0 Å². The van der Waals surface area contributed by atoms with Crippen LogP contribution < -0.4 is 10.1 Å². The van der Waals surface area contributed by atoms with E-state index in [1.165, 1.54) is 24.0 Å². The highest BCUT2D eigenvalue weighted by molar-refractivity contribution is 5.86. The molecule has 1 aliphatic heterocycles. The third-order valence-electron chi connectivity index (χ3n) is 4.77. The fourth-order valence-corrected chi connectivity index (χ4v) is 3.29. The fraction of sp³-hybridized carbons (Fsp3) is 0.556. The summed E-state index contributed by atoms with van der Waals surface area (Å²) in [5.41, 5.74) is 2.81. The van der Waals surface area contributed by atoms with Gasteiger partial charge in [0.15, 0.2) is 0 Å². The molecule has 5 heteroatoms. The van der Waals surface area contributed by atoms with Crippen molar-refractivity contribution in [3.05, 3.63) is 29.3 Å². The number of amides is 2. The van der Waals surface area contributed by atoms with E-state index in [2.05, 4.69) is 17.4 Å². The van der Waals surface area contributed by atoms with Gasteiger partial charge >= 0.3 is 0 Å². The molecule has 1 aromatic carbocycles. The first-order valence-corrected chi connectivity index (χ1v) is 8.40. The number of nitrogens with zero attached hydrogens (tertiary/aromatic N) is 1. The lowest BCUT2D eigenvalue weighted by molar-refractivity contribution is -0.139. The fourth-order valence-electron chi connectivity index (χ4n) is 3.29. The zero-order valence-electron chi connectivity index (χ0n) is 13.6. The van der Waals surface area contributed by atoms with Gasteiger partial charge in [-0.2, -0.15) is 0 Å². The lowest BCUT2D eigenvalue weighted by Gasteiger charge is -2.27. The summed E-state index contributed by atoms with van der Waals surface area (Å²) in [5.74, 6) is 0.683. The molecule has 23 heavy (non-hydrogen) atoms. The minimum absolute atomic E-state index is 0.0380. The number of nitrogens with one attached hydrogen (secondary N) is 1. The third kappa shape index (κ3) is 3.84. The van der Waals surface area contributed by atoms with Crippen LogP contribution in [0.2, 0.25) is 0 Å². The van der Waals surface area contributed by atoms with Crippen LogP contribution >= 0.6 is 0 Å². The van der Waals surface area contributed by atoms with E-state index in [0.717, 1.165) is 18.6 Å². The second kappa shape index (κ2) is 7.02. The number of rotatable bonds is 5. The lowest BCUT2D eigenvalue weighted by Crippen LogP contribution is -2.42. The highest BCUT2D eigenvalue weighted by Crippen LogP contribution is 2.25. The van der Waals surface area contributed by atoms with Crippen molar-refractivity contribution in [3.8, 4) is 5.75 Å². The number of benzene rings is 1. The monoisotopic (exact) mass is 316 g/mol. The summed E-state index contributed by atoms with van der Waals surface area (Å²) < 4.78 is 5.72. The molecule has 2 amide bonds. The normalized spacial score (nSPS) is 20.3. The highest BCUT2D eigenvalue weighted by atomic mass is 16.5. The molecule has 1 N–H and O–H groups in total. The average molecular weight is 316 g/mol. The van der Waals surface area contributed by atoms with Crippen LogP contribution in [0.15, 0.2) is 18.2 Å². The van der Waals surface area contributed by atoms with E-state index in [9.17, 15) is 9.59 Å². The molecule has 0 aromatic heterocycles. The van der Waals surface area contributed by atoms with Crippen molar-refractivity contribution >= 4 is 11.8 Å². The predicted molar refractivity (Wildman–Crippen MR) is 87.3 cm³/mol. The predicted octanol–water partition coefficient (Wildman–Crippen LogP) is 1.54. The molecule has 0 radical (unpaired) electrons. The standard InChI is InChI=1S/C18H24N2O3/c1-20-9-7-15(12-17(20)21)18(22)19-8-10-23-16-6-5-13-3-2-4-14(13)11-16/h5-6,11,15H,2-4,7-10,12H2,1H3,(H,19,22)/t15-/m1/s1. The molecule has 2 aliphatic rings. The smallest absolute Gasteiger partial charge is 0.223 e. The SMILES string of the molecule is CN1CC[C@@H](C(=O)NCCOc2ccc3c(c2)CCC3)CC1=O. The van der Waals surface area contributed by atoms with Crippen molar-refractivity contribution in [1.29, 1.82) is 0 Å². The van der Waals surface area contributed by atoms with Crippen molar-refractivity contribution < 1.29 is 14.3 Å². The molecule has 0 unspecified atom stereocenters. The summed E-state index contributed by atoms with van der Waals surface area (Å²) in [6.45, 7) is 1.57. The van der Waals surface area contributed by atoms with Crippen molar-refractivity contribution in [2.75, 3.05) is 26.7 Å². The van der Waals surface area contributed by atoms with Crippen LogP contribution in [0.5, 0.6) is 5.75 Å². The van der Waals surface area contributed by atoms with Crippen molar-refractivity contribution in [2.24, 2.45) is 5.92 Å². The second-order valence-electron chi connectivity index (χ2n) is 6.43. The molecule has 1 atom stereocenters. The largest absolute Gasteiger partial charge is 0.492 e. The first kappa shape index (κ1) is 15.8. The maximum absolute atomic E-state index is 12.1. The molecule has 0 saturated carbocycles. The minimum Gasteiger partial charge on any atom is -0.492 e. The number of carbonyl (C=O) groups is 2. The number of piperidine rings is 1. The summed E-state index contributed by atoms with van der Waals surface area (Å²) in [5, 5.41) is 2.88. The van der Waals surface area contributed by atoms with Crippen LogP contribution in [0.3, 0.4) is 0 Å². The molecule has 5 nitrogen and oxygen atoms in total. The van der Waals surface area contributed by atoms with E-state index in [1.807, 2.05) is 6.07 Å². The van der Waals surface area contributed by atoms with Gasteiger partial charge in [-0.3, -0.25) is 9.59 Å². The van der Waals surface area contributed by atoms with E-state index < -0.39 is 0 Å². The van der Waals surface area contributed by atoms with Crippen LogP contribution in [-0.4, -0.2) is 43.5 Å². The first-order chi connectivity index (χ1) is 11.1. The number of aryl methyl sites for hydroxylation is 2. The zero-order chi connectivity index (χ0) is 16.2. The highest BCUT2D eigenvalue weighted by Gasteiger charge is 2.28. The van der Waals surface area contributed by atoms with Gasteiger partial charge in [-0.05, 0) is 48.9 Å². The summed E-state index contributed by atoms with van der Waals surface area (Å²) >= 11 is 0. The number of likely N-dealkylation sites (tertiary alicyclic amines) is 1. The van der Waals surface area contributed by atoms with E-state index in [1.54, 1.807) is 11.9 Å². The third-order valence-corrected chi connectivity index (χ3v) is 4.77. The number of hydrogen-bond donors (Lipinski definition) is 1. The number of fused-ring (bicyclic) bond motifs is 1. The van der Waals surface area contributed by atoms with Gasteiger partial charge in [0, 0.05) is 25.9 Å². The Kier molecular flexibility index (Phi) is 4.84. The van der Waals surface area contributed by atoms with Crippen molar-refractivity contribution in [1.82, 2.24) is 10.2 Å². The number of ether oxygens (including phenoxy) is 1. The summed E-state index contributed by atoms with van der Waals surface area (Å²) in [6, 6.07) is 6.25. The maximum atomic E-state index is 12.1. The summed E-state index contributed by atoms with van der Waals surface area (Å²) in [4.78, 5) is 25.4. The summed E-state index contributed by atoms with van der Waals surface area (Å²) in [6.07, 6.45) is 4.58. The number of carbonyl (C=O) groups excluding carboxylic acids is 2. The Morgan fingerprint density at radius 1 is 1.35 bits per heavy atom. The Morgan fingerprint density at radius 2 is 2.17 bits per heavy atom. The first-order valence-electron chi connectivity index (χ1n) is 8.40. The molecule has 1 fully saturated rings. The minimum atomic E-state index is -0.196.